The zero-order valence-electron chi connectivity index (χ0n) is 12.8. The molecule has 1 heterocycles. The Balaban J connectivity index is 2.80. The largest absolute Gasteiger partial charge is 0.457 e. The van der Waals surface area contributed by atoms with Crippen LogP contribution in [0.15, 0.2) is 0 Å². The van der Waals surface area contributed by atoms with E-state index in [1.54, 1.807) is 0 Å². The third-order valence-corrected chi connectivity index (χ3v) is 3.06. The minimum Gasteiger partial charge on any atom is -0.457 e. The van der Waals surface area contributed by atoms with Crippen LogP contribution in [0.1, 0.15) is 27.7 Å². The molecule has 0 bridgehead atoms. The van der Waals surface area contributed by atoms with Crippen LogP contribution in [0.3, 0.4) is 0 Å². The molecule has 0 spiro atoms. The van der Waals surface area contributed by atoms with Gasteiger partial charge in [-0.15, -0.1) is 0 Å². The first-order valence-electron chi connectivity index (χ1n) is 7.23. The number of hydrogen-bond acceptors (Lipinski definition) is 6. The quantitative estimate of drug-likeness (QED) is 0.625. The molecule has 1 fully saturated rings. The summed E-state index contributed by atoms with van der Waals surface area (Å²) in [6.07, 6.45) is -1.40. The Bertz CT molecular complexity index is 283. The van der Waals surface area contributed by atoms with Crippen LogP contribution >= 0.6 is 0 Å². The van der Waals surface area contributed by atoms with Gasteiger partial charge in [0, 0.05) is 26.7 Å². The normalized spacial score (nSPS) is 30.2. The predicted octanol–water partition coefficient (Wildman–Crippen LogP) is 1.16. The number of carbonyl (C=O) groups is 1. The Hall–Kier alpha value is -0.690. The molecular weight excluding hydrogens is 264 g/mol. The standard InChI is InChI=1S/C14H26O6/c1-5-16-8-11-14(20-10(4)15)13(18-7-3)12(9-19-11)17-6-2/h11-14H,5-9H2,1-4H3/t11-,12+,13-,14-/m1/s1. The van der Waals surface area contributed by atoms with Crippen molar-refractivity contribution in [3.63, 3.8) is 0 Å². The Morgan fingerprint density at radius 3 is 2.35 bits per heavy atom. The van der Waals surface area contributed by atoms with Gasteiger partial charge in [-0.1, -0.05) is 0 Å². The number of ether oxygens (including phenoxy) is 5. The summed E-state index contributed by atoms with van der Waals surface area (Å²) in [6.45, 7) is 9.55. The molecule has 4 atom stereocenters. The fourth-order valence-electron chi connectivity index (χ4n) is 2.29. The molecule has 0 amide bonds. The third-order valence-electron chi connectivity index (χ3n) is 3.06. The highest BCUT2D eigenvalue weighted by molar-refractivity contribution is 5.66. The Morgan fingerprint density at radius 2 is 1.80 bits per heavy atom. The van der Waals surface area contributed by atoms with E-state index in [2.05, 4.69) is 0 Å². The molecule has 0 aromatic carbocycles. The van der Waals surface area contributed by atoms with Crippen molar-refractivity contribution < 1.29 is 28.5 Å². The lowest BCUT2D eigenvalue weighted by Gasteiger charge is -2.41. The first kappa shape index (κ1) is 17.4. The van der Waals surface area contributed by atoms with Crippen molar-refractivity contribution in [2.24, 2.45) is 0 Å². The van der Waals surface area contributed by atoms with Crippen LogP contribution in [0.25, 0.3) is 0 Å². The molecule has 1 rings (SSSR count). The van der Waals surface area contributed by atoms with Crippen molar-refractivity contribution in [2.75, 3.05) is 33.0 Å². The highest BCUT2D eigenvalue weighted by Gasteiger charge is 2.44. The maximum absolute atomic E-state index is 11.3. The maximum atomic E-state index is 11.3. The Labute approximate surface area is 120 Å². The molecule has 0 aromatic rings. The fraction of sp³-hybridized carbons (Fsp3) is 0.929. The summed E-state index contributed by atoms with van der Waals surface area (Å²) in [5, 5.41) is 0. The zero-order chi connectivity index (χ0) is 15.0. The molecule has 1 aliphatic heterocycles. The molecule has 1 saturated heterocycles. The number of rotatable bonds is 8. The van der Waals surface area contributed by atoms with Gasteiger partial charge in [-0.3, -0.25) is 4.79 Å². The molecule has 6 heteroatoms. The van der Waals surface area contributed by atoms with Gasteiger partial charge in [0.1, 0.15) is 18.3 Å². The third kappa shape index (κ3) is 5.01. The highest BCUT2D eigenvalue weighted by Crippen LogP contribution is 2.24. The Kier molecular flexibility index (Phi) is 8.06. The number of hydrogen-bond donors (Lipinski definition) is 0. The van der Waals surface area contributed by atoms with E-state index in [4.69, 9.17) is 23.7 Å². The molecule has 0 unspecified atom stereocenters. The number of carbonyl (C=O) groups excluding carboxylic acids is 1. The second-order valence-electron chi connectivity index (χ2n) is 4.52. The van der Waals surface area contributed by atoms with Gasteiger partial charge in [0.2, 0.25) is 0 Å². The summed E-state index contributed by atoms with van der Waals surface area (Å²) in [6, 6.07) is 0. The summed E-state index contributed by atoms with van der Waals surface area (Å²) < 4.78 is 27.9. The van der Waals surface area contributed by atoms with Crippen molar-refractivity contribution >= 4 is 5.97 Å². The average molecular weight is 290 g/mol. The van der Waals surface area contributed by atoms with Crippen molar-refractivity contribution in [1.82, 2.24) is 0 Å². The van der Waals surface area contributed by atoms with Gasteiger partial charge in [-0.25, -0.2) is 0 Å². The van der Waals surface area contributed by atoms with E-state index in [0.29, 0.717) is 33.0 Å². The van der Waals surface area contributed by atoms with Crippen LogP contribution in [0.5, 0.6) is 0 Å². The molecule has 0 radical (unpaired) electrons. The summed E-state index contributed by atoms with van der Waals surface area (Å²) in [5.74, 6) is -0.359. The van der Waals surface area contributed by atoms with Crippen LogP contribution in [0, 0.1) is 0 Å². The summed E-state index contributed by atoms with van der Waals surface area (Å²) in [5.41, 5.74) is 0. The first-order valence-corrected chi connectivity index (χ1v) is 7.23. The van der Waals surface area contributed by atoms with Crippen LogP contribution in [0.4, 0.5) is 0 Å². The van der Waals surface area contributed by atoms with Crippen molar-refractivity contribution in [3.8, 4) is 0 Å². The van der Waals surface area contributed by atoms with E-state index in [0.717, 1.165) is 0 Å². The minimum absolute atomic E-state index is 0.234. The lowest BCUT2D eigenvalue weighted by Crippen LogP contribution is -2.57. The fourth-order valence-corrected chi connectivity index (χ4v) is 2.29. The second-order valence-corrected chi connectivity index (χ2v) is 4.52. The van der Waals surface area contributed by atoms with Gasteiger partial charge in [-0.05, 0) is 20.8 Å². The van der Waals surface area contributed by atoms with Crippen molar-refractivity contribution in [3.05, 3.63) is 0 Å². The maximum Gasteiger partial charge on any atom is 0.303 e. The van der Waals surface area contributed by atoms with Gasteiger partial charge >= 0.3 is 5.97 Å². The molecule has 0 aliphatic carbocycles. The molecule has 0 saturated carbocycles. The van der Waals surface area contributed by atoms with Gasteiger partial charge in [0.05, 0.1) is 13.2 Å². The summed E-state index contributed by atoms with van der Waals surface area (Å²) >= 11 is 0. The monoisotopic (exact) mass is 290 g/mol. The van der Waals surface area contributed by atoms with E-state index < -0.39 is 6.10 Å². The molecular formula is C14H26O6. The topological polar surface area (TPSA) is 63.2 Å². The van der Waals surface area contributed by atoms with Gasteiger partial charge in [-0.2, -0.15) is 0 Å². The summed E-state index contributed by atoms with van der Waals surface area (Å²) in [7, 11) is 0. The van der Waals surface area contributed by atoms with E-state index >= 15 is 0 Å². The highest BCUT2D eigenvalue weighted by atomic mass is 16.6. The molecule has 118 valence electrons. The number of esters is 1. The van der Waals surface area contributed by atoms with E-state index in [-0.39, 0.29) is 24.3 Å². The zero-order valence-corrected chi connectivity index (χ0v) is 12.8. The van der Waals surface area contributed by atoms with E-state index in [9.17, 15) is 4.79 Å². The van der Waals surface area contributed by atoms with Gasteiger partial charge in [0.25, 0.3) is 0 Å². The lowest BCUT2D eigenvalue weighted by molar-refractivity contribution is -0.233. The molecule has 20 heavy (non-hydrogen) atoms. The summed E-state index contributed by atoms with van der Waals surface area (Å²) in [4.78, 5) is 11.3. The molecule has 0 aromatic heterocycles. The lowest BCUT2D eigenvalue weighted by atomic mass is 9.99. The predicted molar refractivity (Wildman–Crippen MR) is 72.6 cm³/mol. The molecule has 1 aliphatic rings. The van der Waals surface area contributed by atoms with Gasteiger partial charge < -0.3 is 23.7 Å². The van der Waals surface area contributed by atoms with E-state index in [1.165, 1.54) is 6.92 Å². The van der Waals surface area contributed by atoms with Crippen LogP contribution in [0.2, 0.25) is 0 Å². The average Bonchev–Trinajstić information content (AvgIpc) is 2.41. The van der Waals surface area contributed by atoms with Crippen LogP contribution in [-0.4, -0.2) is 63.4 Å². The van der Waals surface area contributed by atoms with Gasteiger partial charge in [0.15, 0.2) is 6.10 Å². The van der Waals surface area contributed by atoms with Crippen LogP contribution < -0.4 is 0 Å². The Morgan fingerprint density at radius 1 is 1.10 bits per heavy atom. The molecule has 0 N–H and O–H groups in total. The van der Waals surface area contributed by atoms with Crippen LogP contribution in [-0.2, 0) is 28.5 Å². The molecule has 6 nitrogen and oxygen atoms in total. The van der Waals surface area contributed by atoms with E-state index in [1.807, 2.05) is 20.8 Å². The minimum atomic E-state index is -0.510. The first-order chi connectivity index (χ1) is 9.63. The van der Waals surface area contributed by atoms with Crippen molar-refractivity contribution in [2.45, 2.75) is 52.1 Å². The smallest absolute Gasteiger partial charge is 0.303 e. The SMILES string of the molecule is CCOC[C@H]1OC[C@H](OCC)[C@@H](OCC)[C@@H]1OC(C)=O. The second kappa shape index (κ2) is 9.28. The van der Waals surface area contributed by atoms with Crippen molar-refractivity contribution in [1.29, 1.82) is 0 Å².